The highest BCUT2D eigenvalue weighted by Gasteiger charge is 2.28. The predicted molar refractivity (Wildman–Crippen MR) is 59.6 cm³/mol. The lowest BCUT2D eigenvalue weighted by molar-refractivity contribution is -0.134. The van der Waals surface area contributed by atoms with Gasteiger partial charge < -0.3 is 0 Å². The van der Waals surface area contributed by atoms with E-state index in [1.165, 1.54) is 4.40 Å². The normalized spacial score (nSPS) is 12.3. The Hall–Kier alpha value is -1.37. The van der Waals surface area contributed by atoms with Gasteiger partial charge in [0.2, 0.25) is 0 Å². The summed E-state index contributed by atoms with van der Waals surface area (Å²) in [5.41, 5.74) is 1.62. The fourth-order valence-corrected chi connectivity index (χ4v) is 1.91. The molecule has 0 fully saturated rings. The van der Waals surface area contributed by atoms with Gasteiger partial charge in [0.1, 0.15) is 5.82 Å². The maximum Gasteiger partial charge on any atom is 0.389 e. The third-order valence-electron chi connectivity index (χ3n) is 2.67. The molecular weight excluding hydrogens is 269 g/mol. The molecule has 2 aromatic heterocycles. The molecule has 98 valence electrons. The minimum atomic E-state index is -4.22. The van der Waals surface area contributed by atoms with Gasteiger partial charge >= 0.3 is 6.18 Å². The van der Waals surface area contributed by atoms with Crippen LogP contribution in [0.1, 0.15) is 23.6 Å². The van der Waals surface area contributed by atoms with Gasteiger partial charge in [0, 0.05) is 12.1 Å². The predicted octanol–water partition coefficient (Wildman–Crippen LogP) is 2.89. The second-order valence-electron chi connectivity index (χ2n) is 3.96. The van der Waals surface area contributed by atoms with Gasteiger partial charge in [0.05, 0.1) is 12.1 Å². The molecule has 0 radical (unpaired) electrons. The Balaban J connectivity index is 2.47. The van der Waals surface area contributed by atoms with Gasteiger partial charge in [-0.2, -0.15) is 13.2 Å². The van der Waals surface area contributed by atoms with E-state index in [1.54, 1.807) is 13.8 Å². The summed E-state index contributed by atoms with van der Waals surface area (Å²) in [5.74, 6) is 0.243. The molecule has 0 aromatic carbocycles. The number of aromatic nitrogens is 4. The zero-order chi connectivity index (χ0) is 13.5. The van der Waals surface area contributed by atoms with Crippen LogP contribution in [-0.4, -0.2) is 25.8 Å². The fraction of sp³-hybridized carbons (Fsp3) is 0.500. The smallest absolute Gasteiger partial charge is 0.279 e. The van der Waals surface area contributed by atoms with Gasteiger partial charge in [-0.25, -0.2) is 4.98 Å². The molecule has 0 N–H and O–H groups in total. The van der Waals surface area contributed by atoms with E-state index >= 15 is 0 Å². The van der Waals surface area contributed by atoms with E-state index in [4.69, 9.17) is 11.6 Å². The molecule has 8 heteroatoms. The zero-order valence-electron chi connectivity index (χ0n) is 9.71. The highest BCUT2D eigenvalue weighted by molar-refractivity contribution is 6.32. The summed E-state index contributed by atoms with van der Waals surface area (Å²) in [6.45, 7) is 3.47. The maximum absolute atomic E-state index is 12.2. The Kier molecular flexibility index (Phi) is 3.18. The first kappa shape index (κ1) is 13.1. The number of alkyl halides is 3. The molecule has 0 aliphatic rings. The minimum Gasteiger partial charge on any atom is -0.279 e. The molecule has 2 aromatic rings. The highest BCUT2D eigenvalue weighted by Crippen LogP contribution is 2.23. The van der Waals surface area contributed by atoms with Crippen LogP contribution in [0.15, 0.2) is 0 Å². The average Bonchev–Trinajstić information content (AvgIpc) is 2.66. The number of hydrogen-bond donors (Lipinski definition) is 0. The standard InChI is InChI=1S/C10H10ClF3N4/c1-5-6(2)18-7(3-4-10(12,13)14)16-17-9(18)8(11)15-5/h3-4H2,1-2H3. The lowest BCUT2D eigenvalue weighted by Crippen LogP contribution is -2.11. The molecule has 0 aliphatic carbocycles. The van der Waals surface area contributed by atoms with Crippen LogP contribution in [-0.2, 0) is 6.42 Å². The molecule has 0 aliphatic heterocycles. The molecule has 2 rings (SSSR count). The monoisotopic (exact) mass is 278 g/mol. The minimum absolute atomic E-state index is 0.142. The van der Waals surface area contributed by atoms with Crippen molar-refractivity contribution in [3.05, 3.63) is 22.4 Å². The second-order valence-corrected chi connectivity index (χ2v) is 4.32. The largest absolute Gasteiger partial charge is 0.389 e. The van der Waals surface area contributed by atoms with E-state index in [0.29, 0.717) is 11.4 Å². The molecule has 4 nitrogen and oxygen atoms in total. The molecule has 0 saturated carbocycles. The van der Waals surface area contributed by atoms with Crippen LogP contribution in [0.5, 0.6) is 0 Å². The summed E-state index contributed by atoms with van der Waals surface area (Å²) in [7, 11) is 0. The van der Waals surface area contributed by atoms with Crippen molar-refractivity contribution < 1.29 is 13.2 Å². The van der Waals surface area contributed by atoms with Gasteiger partial charge in [-0.3, -0.25) is 4.40 Å². The summed E-state index contributed by atoms with van der Waals surface area (Å²) < 4.78 is 38.2. The third kappa shape index (κ3) is 2.40. The second kappa shape index (κ2) is 4.38. The lowest BCUT2D eigenvalue weighted by Gasteiger charge is -2.08. The lowest BCUT2D eigenvalue weighted by atomic mass is 10.2. The van der Waals surface area contributed by atoms with Crippen LogP contribution in [0, 0.1) is 13.8 Å². The van der Waals surface area contributed by atoms with Crippen molar-refractivity contribution in [3.8, 4) is 0 Å². The Bertz CT molecular complexity index is 591. The summed E-state index contributed by atoms with van der Waals surface area (Å²) in [6, 6.07) is 0. The van der Waals surface area contributed by atoms with Crippen molar-refractivity contribution in [3.63, 3.8) is 0 Å². The van der Waals surface area contributed by atoms with Crippen molar-refractivity contribution >= 4 is 17.2 Å². The number of fused-ring (bicyclic) bond motifs is 1. The summed E-state index contributed by atoms with van der Waals surface area (Å²) in [6.07, 6.45) is -5.39. The van der Waals surface area contributed by atoms with Gasteiger partial charge in [0.15, 0.2) is 10.8 Å². The van der Waals surface area contributed by atoms with Gasteiger partial charge in [-0.15, -0.1) is 10.2 Å². The van der Waals surface area contributed by atoms with Crippen molar-refractivity contribution in [2.45, 2.75) is 32.9 Å². The Morgan fingerprint density at radius 3 is 2.50 bits per heavy atom. The van der Waals surface area contributed by atoms with E-state index in [1.807, 2.05) is 0 Å². The summed E-state index contributed by atoms with van der Waals surface area (Å²) in [4.78, 5) is 4.04. The van der Waals surface area contributed by atoms with Gasteiger partial charge in [0.25, 0.3) is 0 Å². The van der Waals surface area contributed by atoms with Crippen LogP contribution in [0.4, 0.5) is 13.2 Å². The highest BCUT2D eigenvalue weighted by atomic mass is 35.5. The summed E-state index contributed by atoms with van der Waals surface area (Å²) >= 11 is 5.88. The molecule has 0 spiro atoms. The van der Waals surface area contributed by atoms with Crippen LogP contribution in [0.2, 0.25) is 5.15 Å². The fourth-order valence-electron chi connectivity index (χ4n) is 1.66. The molecular formula is C10H10ClF3N4. The first-order valence-electron chi connectivity index (χ1n) is 5.23. The number of hydrogen-bond acceptors (Lipinski definition) is 3. The SMILES string of the molecule is Cc1nc(Cl)c2nnc(CCC(F)(F)F)n2c1C. The molecule has 0 bridgehead atoms. The average molecular weight is 279 g/mol. The molecule has 0 atom stereocenters. The third-order valence-corrected chi connectivity index (χ3v) is 2.93. The van der Waals surface area contributed by atoms with Crippen molar-refractivity contribution in [1.29, 1.82) is 0 Å². The van der Waals surface area contributed by atoms with Crippen LogP contribution in [0.3, 0.4) is 0 Å². The van der Waals surface area contributed by atoms with Gasteiger partial charge in [-0.1, -0.05) is 11.6 Å². The molecule has 18 heavy (non-hydrogen) atoms. The van der Waals surface area contributed by atoms with E-state index < -0.39 is 12.6 Å². The number of aryl methyl sites for hydroxylation is 3. The van der Waals surface area contributed by atoms with Crippen LogP contribution in [0.25, 0.3) is 5.65 Å². The first-order chi connectivity index (χ1) is 8.29. The van der Waals surface area contributed by atoms with Gasteiger partial charge in [-0.05, 0) is 13.8 Å². The van der Waals surface area contributed by atoms with Crippen LogP contribution >= 0.6 is 11.6 Å². The first-order valence-corrected chi connectivity index (χ1v) is 5.61. The molecule has 0 saturated heterocycles. The summed E-state index contributed by atoms with van der Waals surface area (Å²) in [5, 5.41) is 7.66. The number of rotatable bonds is 2. The molecule has 0 unspecified atom stereocenters. The zero-order valence-corrected chi connectivity index (χ0v) is 10.5. The van der Waals surface area contributed by atoms with Crippen molar-refractivity contribution in [2.24, 2.45) is 0 Å². The quantitative estimate of drug-likeness (QED) is 0.848. The van der Waals surface area contributed by atoms with Crippen LogP contribution < -0.4 is 0 Å². The van der Waals surface area contributed by atoms with E-state index in [0.717, 1.165) is 0 Å². The van der Waals surface area contributed by atoms with E-state index in [-0.39, 0.29) is 23.0 Å². The van der Waals surface area contributed by atoms with E-state index in [9.17, 15) is 13.2 Å². The van der Waals surface area contributed by atoms with E-state index in [2.05, 4.69) is 15.2 Å². The maximum atomic E-state index is 12.2. The van der Waals surface area contributed by atoms with Crippen molar-refractivity contribution in [1.82, 2.24) is 19.6 Å². The topological polar surface area (TPSA) is 43.1 Å². The Morgan fingerprint density at radius 2 is 1.89 bits per heavy atom. The number of nitrogens with zero attached hydrogens (tertiary/aromatic N) is 4. The Labute approximate surface area is 106 Å². The Morgan fingerprint density at radius 1 is 1.22 bits per heavy atom. The molecule has 2 heterocycles. The van der Waals surface area contributed by atoms with Crippen molar-refractivity contribution in [2.75, 3.05) is 0 Å². The number of halogens is 4. The molecule has 0 amide bonds.